The zero-order valence-corrected chi connectivity index (χ0v) is 17.4. The molecule has 0 saturated carbocycles. The molecule has 0 aliphatic carbocycles. The topological polar surface area (TPSA) is 28.7 Å². The lowest BCUT2D eigenvalue weighted by atomic mass is 10.0. The monoisotopic (exact) mass is 416 g/mol. The highest BCUT2D eigenvalue weighted by molar-refractivity contribution is 6.31. The van der Waals surface area contributed by atoms with Crippen molar-refractivity contribution in [3.8, 4) is 6.07 Å². The van der Waals surface area contributed by atoms with Crippen molar-refractivity contribution in [1.29, 1.82) is 5.26 Å². The number of allylic oxidation sites excluding steroid dienone is 1. The van der Waals surface area contributed by atoms with Crippen LogP contribution in [0.2, 0.25) is 10.0 Å². The van der Waals surface area contributed by atoms with E-state index in [9.17, 15) is 5.26 Å². The van der Waals surface area contributed by atoms with Crippen LogP contribution < -0.4 is 0 Å². The summed E-state index contributed by atoms with van der Waals surface area (Å²) in [6.07, 6.45) is 1.96. The third kappa shape index (κ3) is 3.80. The Kier molecular flexibility index (Phi) is 5.45. The lowest BCUT2D eigenvalue weighted by Crippen LogP contribution is -2.02. The standard InChI is InChI=1S/C25H18Cl2N2/c1-17-23(14-20(15-28)18-10-12-21(26)13-11-18)22-7-3-5-9-25(22)29(17)16-19-6-2-4-8-24(19)27/h2-14H,16H2,1H3/b20-14+. The van der Waals surface area contributed by atoms with Crippen molar-refractivity contribution in [3.05, 3.63) is 105 Å². The van der Waals surface area contributed by atoms with Crippen molar-refractivity contribution in [2.45, 2.75) is 13.5 Å². The van der Waals surface area contributed by atoms with Crippen molar-refractivity contribution in [2.75, 3.05) is 0 Å². The van der Waals surface area contributed by atoms with E-state index in [1.54, 1.807) is 12.1 Å². The van der Waals surface area contributed by atoms with E-state index in [1.165, 1.54) is 0 Å². The van der Waals surface area contributed by atoms with Gasteiger partial charge in [0.15, 0.2) is 0 Å². The Hall–Kier alpha value is -2.99. The summed E-state index contributed by atoms with van der Waals surface area (Å²) in [4.78, 5) is 0. The van der Waals surface area contributed by atoms with E-state index in [2.05, 4.69) is 29.7 Å². The number of hydrogen-bond acceptors (Lipinski definition) is 1. The SMILES string of the molecule is Cc1c(/C=C(\C#N)c2ccc(Cl)cc2)c2ccccc2n1Cc1ccccc1Cl. The quantitative estimate of drug-likeness (QED) is 0.319. The predicted molar refractivity (Wildman–Crippen MR) is 122 cm³/mol. The number of para-hydroxylation sites is 1. The molecule has 0 radical (unpaired) electrons. The summed E-state index contributed by atoms with van der Waals surface area (Å²) in [7, 11) is 0. The van der Waals surface area contributed by atoms with Gasteiger partial charge in [-0.25, -0.2) is 0 Å². The maximum absolute atomic E-state index is 9.78. The van der Waals surface area contributed by atoms with Crippen molar-refractivity contribution >= 4 is 45.8 Å². The van der Waals surface area contributed by atoms with E-state index < -0.39 is 0 Å². The maximum atomic E-state index is 9.78. The molecule has 2 nitrogen and oxygen atoms in total. The van der Waals surface area contributed by atoms with Gasteiger partial charge in [0.25, 0.3) is 0 Å². The number of nitrogens with zero attached hydrogens (tertiary/aromatic N) is 2. The Balaban J connectivity index is 1.87. The Morgan fingerprint density at radius 1 is 0.966 bits per heavy atom. The second-order valence-electron chi connectivity index (χ2n) is 6.87. The summed E-state index contributed by atoms with van der Waals surface area (Å²) in [5.41, 5.74) is 5.76. The van der Waals surface area contributed by atoms with E-state index in [0.717, 1.165) is 38.3 Å². The molecule has 4 aromatic rings. The third-order valence-electron chi connectivity index (χ3n) is 5.13. The number of halogens is 2. The molecule has 0 aliphatic heterocycles. The first kappa shape index (κ1) is 19.3. The van der Waals surface area contributed by atoms with Crippen LogP contribution in [0.4, 0.5) is 0 Å². The fourth-order valence-electron chi connectivity index (χ4n) is 3.59. The lowest BCUT2D eigenvalue weighted by Gasteiger charge is -2.10. The smallest absolute Gasteiger partial charge is 0.0998 e. The minimum atomic E-state index is 0.602. The number of rotatable bonds is 4. The second kappa shape index (κ2) is 8.17. The van der Waals surface area contributed by atoms with Crippen LogP contribution in [-0.4, -0.2) is 4.57 Å². The summed E-state index contributed by atoms with van der Waals surface area (Å²) in [5.74, 6) is 0. The van der Waals surface area contributed by atoms with E-state index in [-0.39, 0.29) is 0 Å². The third-order valence-corrected chi connectivity index (χ3v) is 5.75. The van der Waals surface area contributed by atoms with Gasteiger partial charge in [-0.3, -0.25) is 0 Å². The van der Waals surface area contributed by atoms with Crippen molar-refractivity contribution in [1.82, 2.24) is 4.57 Å². The average Bonchev–Trinajstić information content (AvgIpc) is 3.00. The molecule has 0 unspecified atom stereocenters. The average molecular weight is 417 g/mol. The minimum Gasteiger partial charge on any atom is -0.340 e. The fraction of sp³-hybridized carbons (Fsp3) is 0.0800. The van der Waals surface area contributed by atoms with Crippen LogP contribution in [-0.2, 0) is 6.54 Å². The zero-order chi connectivity index (χ0) is 20.4. The van der Waals surface area contributed by atoms with Crippen LogP contribution in [0.5, 0.6) is 0 Å². The molecule has 1 aromatic heterocycles. The van der Waals surface area contributed by atoms with Gasteiger partial charge in [0, 0.05) is 38.8 Å². The van der Waals surface area contributed by atoms with Gasteiger partial charge >= 0.3 is 0 Å². The van der Waals surface area contributed by atoms with Gasteiger partial charge in [-0.2, -0.15) is 5.26 Å². The first-order chi connectivity index (χ1) is 14.1. The minimum absolute atomic E-state index is 0.602. The van der Waals surface area contributed by atoms with Crippen LogP contribution >= 0.6 is 23.2 Å². The van der Waals surface area contributed by atoms with Crippen LogP contribution in [0.1, 0.15) is 22.4 Å². The highest BCUT2D eigenvalue weighted by Gasteiger charge is 2.14. The molecule has 0 bridgehead atoms. The lowest BCUT2D eigenvalue weighted by molar-refractivity contribution is 0.804. The van der Waals surface area contributed by atoms with E-state index in [1.807, 2.05) is 54.6 Å². The number of fused-ring (bicyclic) bond motifs is 1. The summed E-state index contributed by atoms with van der Waals surface area (Å²) in [6, 6.07) is 25.8. The Morgan fingerprint density at radius 2 is 1.66 bits per heavy atom. The molecular formula is C25H18Cl2N2. The summed E-state index contributed by atoms with van der Waals surface area (Å²) < 4.78 is 2.25. The molecule has 0 N–H and O–H groups in total. The molecule has 0 fully saturated rings. The maximum Gasteiger partial charge on any atom is 0.0998 e. The Labute approximate surface area is 180 Å². The van der Waals surface area contributed by atoms with Crippen molar-refractivity contribution < 1.29 is 0 Å². The highest BCUT2D eigenvalue weighted by atomic mass is 35.5. The van der Waals surface area contributed by atoms with Crippen molar-refractivity contribution in [2.24, 2.45) is 0 Å². The van der Waals surface area contributed by atoms with E-state index in [0.29, 0.717) is 17.1 Å². The molecule has 0 aliphatic rings. The van der Waals surface area contributed by atoms with Gasteiger partial charge in [0.05, 0.1) is 11.6 Å². The van der Waals surface area contributed by atoms with Gasteiger partial charge < -0.3 is 4.57 Å². The molecule has 1 heterocycles. The van der Waals surface area contributed by atoms with Crippen LogP contribution in [0.25, 0.3) is 22.6 Å². The number of hydrogen-bond donors (Lipinski definition) is 0. The zero-order valence-electron chi connectivity index (χ0n) is 15.9. The molecule has 0 atom stereocenters. The Morgan fingerprint density at radius 3 is 2.38 bits per heavy atom. The van der Waals surface area contributed by atoms with E-state index in [4.69, 9.17) is 23.2 Å². The molecule has 4 heteroatoms. The molecule has 0 spiro atoms. The molecule has 142 valence electrons. The Bertz CT molecular complexity index is 1260. The summed E-state index contributed by atoms with van der Waals surface area (Å²) in [6.45, 7) is 2.75. The second-order valence-corrected chi connectivity index (χ2v) is 7.71. The van der Waals surface area contributed by atoms with Gasteiger partial charge in [0.1, 0.15) is 0 Å². The predicted octanol–water partition coefficient (Wildman–Crippen LogP) is 7.37. The highest BCUT2D eigenvalue weighted by Crippen LogP contribution is 2.31. The molecule has 4 rings (SSSR count). The molecule has 0 amide bonds. The van der Waals surface area contributed by atoms with Crippen molar-refractivity contribution in [3.63, 3.8) is 0 Å². The molecule has 3 aromatic carbocycles. The van der Waals surface area contributed by atoms with Gasteiger partial charge in [-0.05, 0) is 48.4 Å². The number of benzene rings is 3. The first-order valence-corrected chi connectivity index (χ1v) is 10.0. The molecule has 0 saturated heterocycles. The molecular weight excluding hydrogens is 399 g/mol. The first-order valence-electron chi connectivity index (χ1n) is 9.27. The normalized spacial score (nSPS) is 11.6. The van der Waals surface area contributed by atoms with Gasteiger partial charge in [-0.15, -0.1) is 0 Å². The number of nitriles is 1. The summed E-state index contributed by atoms with van der Waals surface area (Å²) >= 11 is 12.4. The van der Waals surface area contributed by atoms with E-state index >= 15 is 0 Å². The van der Waals surface area contributed by atoms with Gasteiger partial charge in [0.2, 0.25) is 0 Å². The fourth-order valence-corrected chi connectivity index (χ4v) is 3.92. The van der Waals surface area contributed by atoms with Gasteiger partial charge in [-0.1, -0.05) is 71.7 Å². The number of aromatic nitrogens is 1. The van der Waals surface area contributed by atoms with Crippen LogP contribution in [0.15, 0.2) is 72.8 Å². The summed E-state index contributed by atoms with van der Waals surface area (Å²) in [5, 5.41) is 12.3. The van der Waals surface area contributed by atoms with Crippen LogP contribution in [0, 0.1) is 18.3 Å². The van der Waals surface area contributed by atoms with Crippen LogP contribution in [0.3, 0.4) is 0 Å². The molecule has 29 heavy (non-hydrogen) atoms. The largest absolute Gasteiger partial charge is 0.340 e.